The van der Waals surface area contributed by atoms with Crippen LogP contribution < -0.4 is 335 Å². The number of ether oxygens (including phenoxy) is 13. The second-order valence-corrected chi connectivity index (χ2v) is 28.4. The van der Waals surface area contributed by atoms with E-state index in [2.05, 4.69) is 37.6 Å². The average molecular weight is 1880 g/mol. The predicted octanol–water partition coefficient (Wildman–Crippen LogP) is -49.4. The topological polar surface area (TPSA) is 839 Å². The Balaban J connectivity index is -0.00000189. The minimum Gasteiger partial charge on any atom is -0.726 e. The third kappa shape index (κ3) is 42.8. The Kier molecular flexibility index (Phi) is 65.1. The summed E-state index contributed by atoms with van der Waals surface area (Å²) in [4.78, 5) is 26.0. The molecular formula is C34H45Na11O55S9. The summed E-state index contributed by atoms with van der Waals surface area (Å²) in [6.07, 6.45) is -75.6. The molecule has 0 aliphatic carbocycles. The Labute approximate surface area is 863 Å². The summed E-state index contributed by atoms with van der Waals surface area (Å²) in [5.74, 6) is -5.51. The molecule has 0 aromatic heterocycles. The van der Waals surface area contributed by atoms with E-state index in [0.29, 0.717) is 28.4 Å². The molecule has 5 saturated heterocycles. The van der Waals surface area contributed by atoms with Crippen molar-refractivity contribution in [3.63, 3.8) is 0 Å². The summed E-state index contributed by atoms with van der Waals surface area (Å²) < 4.78 is 430. The summed E-state index contributed by atoms with van der Waals surface area (Å²) in [7, 11) is -54.8. The summed E-state index contributed by atoms with van der Waals surface area (Å²) in [6, 6.07) is 0. The van der Waals surface area contributed by atoms with Gasteiger partial charge in [0, 0.05) is 28.4 Å². The average Bonchev–Trinajstić information content (AvgIpc) is 0.757. The van der Waals surface area contributed by atoms with E-state index < -0.39 is 279 Å². The van der Waals surface area contributed by atoms with Crippen LogP contribution in [-0.2, 0) is 202 Å². The van der Waals surface area contributed by atoms with Gasteiger partial charge in [-0.25, -0.2) is 75.8 Å². The summed E-state index contributed by atoms with van der Waals surface area (Å²) in [5.41, 5.74) is 0. The zero-order valence-electron chi connectivity index (χ0n) is 58.8. The monoisotopic (exact) mass is 1870 g/mol. The standard InChI is InChI=1S/C34H56O55S9.11Na/c1-68-15-11(35)8(5-72-90(41,42)43)75-32(24(15)86-95(56,57)58)80-18-16(69-2)12(36)30(82-22(18)28(37)38)78-13-10(7-74-92(47,48)49)77-33(27(89-98(65,66)67)21(13)85-94(53,54)55)81-19-17(70-3)25(87-96(59,60)61)34(83-23(19)29(39)40)79-14-9(6-73-91(44,45)46)76-31(71-4)26(88-97(62,63)64)20(14)84-93(50,51)52;;;;;;;;;;;/h8-27,30-36H,5-7H2,1-4H3,(H,37,38)(H,39,40)(H,41,42,43)(H,44,45,46)(H,47,48,49)(H,50,51,52)(H,53,54,55)(H,56,57,58)(H,59,60,61)(H,62,63,64)(H,65,66,67);;;;;;;;;;;/q;11*+1/p-11/t8-,9-,10-,11-,12-,13-,14-,15+,16-,17+,18+,19+,20+,21+,22+,23-,24-,25-,26-,27-,30-,31+,32-,33-,34-;;;;;;;;;;;/m1.........../s1. The van der Waals surface area contributed by atoms with Crippen LogP contribution in [-0.4, -0.2) is 341 Å². The number of hydrogen-bond donors (Lipinski definition) is 2. The number of aliphatic hydroxyl groups excluding tert-OH is 2. The van der Waals surface area contributed by atoms with Crippen molar-refractivity contribution in [1.82, 2.24) is 0 Å². The number of aliphatic carboxylic acids is 2. The number of carbonyl (C=O) groups is 2. The fourth-order valence-corrected chi connectivity index (χ4v) is 13.4. The Bertz CT molecular complexity index is 3860. The van der Waals surface area contributed by atoms with Gasteiger partial charge in [-0.2, -0.15) is 0 Å². The van der Waals surface area contributed by atoms with Crippen molar-refractivity contribution in [3.05, 3.63) is 0 Å². The molecule has 0 spiro atoms. The summed E-state index contributed by atoms with van der Waals surface area (Å²) in [6.45, 7) is -5.60. The van der Waals surface area contributed by atoms with Gasteiger partial charge in [-0.1, -0.05) is 0 Å². The molecule has 0 bridgehead atoms. The molecule has 0 amide bonds. The normalized spacial score (nSPS) is 33.2. The smallest absolute Gasteiger partial charge is 0.726 e. The van der Waals surface area contributed by atoms with E-state index in [-0.39, 0.29) is 325 Å². The van der Waals surface area contributed by atoms with E-state index in [1.165, 1.54) is 0 Å². The number of methoxy groups -OCH3 is 4. The Morgan fingerprint density at radius 1 is 0.275 bits per heavy atom. The molecule has 5 fully saturated rings. The maximum Gasteiger partial charge on any atom is 1.00 e. The third-order valence-corrected chi connectivity index (χ3v) is 17.0. The first-order valence-corrected chi connectivity index (χ1v) is 36.9. The molecule has 0 unspecified atom stereocenters. The molecule has 0 aromatic carbocycles. The molecule has 2 N–H and O–H groups in total. The van der Waals surface area contributed by atoms with Gasteiger partial charge in [0.15, 0.2) is 55.9 Å². The molecule has 25 atom stereocenters. The van der Waals surface area contributed by atoms with Gasteiger partial charge in [-0.15, -0.1) is 0 Å². The van der Waals surface area contributed by atoms with E-state index in [1.807, 2.05) is 0 Å². The molecule has 5 aliphatic heterocycles. The zero-order chi connectivity index (χ0) is 74.8. The number of carboxylic acid groups (broad SMARTS) is 2. The fraction of sp³-hybridized carbons (Fsp3) is 0.941. The van der Waals surface area contributed by atoms with Crippen molar-refractivity contribution < 1.29 is 571 Å². The van der Waals surface area contributed by atoms with Crippen molar-refractivity contribution in [3.8, 4) is 0 Å². The van der Waals surface area contributed by atoms with Crippen LogP contribution in [0.4, 0.5) is 0 Å². The molecule has 5 aliphatic rings. The fourth-order valence-electron chi connectivity index (χ4n) is 9.66. The van der Waals surface area contributed by atoms with Crippen LogP contribution in [0.1, 0.15) is 0 Å². The molecule has 576 valence electrons. The number of rotatable bonds is 35. The maximum absolute atomic E-state index is 13.1. The molecule has 0 radical (unpaired) electrons. The first-order valence-electron chi connectivity index (χ1n) is 24.9. The van der Waals surface area contributed by atoms with E-state index in [1.54, 1.807) is 0 Å². The van der Waals surface area contributed by atoms with Crippen molar-refractivity contribution >= 4 is 106 Å². The molecule has 0 aromatic rings. The predicted molar refractivity (Wildman–Crippen MR) is 259 cm³/mol. The SMILES string of the molecule is CO[C@H]1O[C@H](COS(=O)(=O)[O-])[C@@H](O[C@@H]2O[C@@H](C(=O)[O-])[C@@H](O[C@H]3O[C@H](COS(=O)(=O)[O-])[C@@H](O[C@@H]4O[C@H](C(=O)[O-])[C@@H](O[C@H]5O[C@H](COS(=O)(=O)[O-])[C@@H](O)[C@H](OC)[C@H]5OS(=O)(=O)[O-])[C@H](OC)[C@H]4O)[C@H](OS(=O)(=O)[O-])[C@H]3OS(=O)(=O)[O-])[C@H](OC)[C@H]2OS(=O)(=O)[O-])[C@H](OS(=O)(=O)[O-])[C@H]1OS(=O)(=O)[O-].[Na+].[Na+].[Na+].[Na+].[Na+].[Na+].[Na+].[Na+].[Na+].[Na+].[Na+]. The van der Waals surface area contributed by atoms with Crippen LogP contribution in [0.5, 0.6) is 0 Å². The molecule has 55 nitrogen and oxygen atoms in total. The van der Waals surface area contributed by atoms with E-state index >= 15 is 0 Å². The number of carboxylic acids is 2. The Hall–Kier alpha value is 8.17. The summed E-state index contributed by atoms with van der Waals surface area (Å²) in [5, 5.41) is 48.6. The van der Waals surface area contributed by atoms with E-state index in [0.717, 1.165) is 0 Å². The minimum absolute atomic E-state index is 0. The van der Waals surface area contributed by atoms with Crippen molar-refractivity contribution in [2.45, 2.75) is 154 Å². The van der Waals surface area contributed by atoms with Crippen LogP contribution in [0.25, 0.3) is 0 Å². The third-order valence-electron chi connectivity index (χ3n) is 13.0. The molecule has 5 rings (SSSR count). The molecular weight excluding hydrogens is 1830 g/mol. The number of carbonyl (C=O) groups excluding carboxylic acids is 2. The van der Waals surface area contributed by atoms with Crippen molar-refractivity contribution in [2.24, 2.45) is 0 Å². The molecule has 5 heterocycles. The van der Waals surface area contributed by atoms with Crippen LogP contribution >= 0.6 is 0 Å². The van der Waals surface area contributed by atoms with Gasteiger partial charge in [0.2, 0.25) is 93.6 Å². The van der Waals surface area contributed by atoms with Gasteiger partial charge in [0.1, 0.15) is 97.7 Å². The Morgan fingerprint density at radius 2 is 0.505 bits per heavy atom. The van der Waals surface area contributed by atoms with Crippen LogP contribution in [0, 0.1) is 0 Å². The minimum atomic E-state index is -6.74. The molecule has 109 heavy (non-hydrogen) atoms. The Morgan fingerprint density at radius 3 is 0.807 bits per heavy atom. The van der Waals surface area contributed by atoms with E-state index in [4.69, 9.17) is 61.6 Å². The van der Waals surface area contributed by atoms with Crippen LogP contribution in [0.2, 0.25) is 0 Å². The van der Waals surface area contributed by atoms with Gasteiger partial charge < -0.3 is 133 Å². The van der Waals surface area contributed by atoms with Gasteiger partial charge in [-0.3, -0.25) is 37.6 Å². The van der Waals surface area contributed by atoms with Crippen molar-refractivity contribution in [1.29, 1.82) is 0 Å². The van der Waals surface area contributed by atoms with Crippen LogP contribution in [0.15, 0.2) is 0 Å². The van der Waals surface area contributed by atoms with Gasteiger partial charge in [0.05, 0.1) is 31.8 Å². The van der Waals surface area contributed by atoms with Gasteiger partial charge in [-0.05, 0) is 0 Å². The van der Waals surface area contributed by atoms with Crippen molar-refractivity contribution in [2.75, 3.05) is 48.3 Å². The largest absolute Gasteiger partial charge is 1.00 e. The zero-order valence-corrected chi connectivity index (χ0v) is 88.1. The quantitative estimate of drug-likeness (QED) is 0.0338. The first-order chi connectivity index (χ1) is 44.5. The molecule has 75 heteroatoms. The maximum atomic E-state index is 13.1. The van der Waals surface area contributed by atoms with Gasteiger partial charge >= 0.3 is 325 Å². The first kappa shape index (κ1) is 130. The summed E-state index contributed by atoms with van der Waals surface area (Å²) >= 11 is 0. The van der Waals surface area contributed by atoms with Gasteiger partial charge in [0.25, 0.3) is 0 Å². The second kappa shape index (κ2) is 54.5. The number of hydrogen-bond acceptors (Lipinski definition) is 55. The second-order valence-electron chi connectivity index (χ2n) is 19.2. The van der Waals surface area contributed by atoms with Crippen LogP contribution in [0.3, 0.4) is 0 Å². The molecule has 0 saturated carbocycles. The number of aliphatic hydroxyl groups is 2. The van der Waals surface area contributed by atoms with E-state index in [9.17, 15) is 147 Å².